The lowest BCUT2D eigenvalue weighted by molar-refractivity contribution is -0.120. The van der Waals surface area contributed by atoms with Crippen molar-refractivity contribution >= 4 is 119 Å². The molecule has 31 heteroatoms. The number of anilines is 4. The number of hydrogen-bond donors (Lipinski definition) is 5. The Labute approximate surface area is 853 Å². The van der Waals surface area contributed by atoms with Gasteiger partial charge >= 0.3 is 0 Å². The van der Waals surface area contributed by atoms with Crippen LogP contribution in [0, 0.1) is 0 Å². The number of nitrogens with zero attached hydrogens (tertiary/aromatic N) is 14. The highest BCUT2D eigenvalue weighted by atomic mass is 35.5. The van der Waals surface area contributed by atoms with E-state index >= 15 is 0 Å². The fourth-order valence-electron chi connectivity index (χ4n) is 16.4. The number of amides is 3. The van der Waals surface area contributed by atoms with Crippen LogP contribution >= 0.6 is 46.4 Å². The lowest BCUT2D eigenvalue weighted by atomic mass is 10.0. The minimum absolute atomic E-state index is 0.0783. The Morgan fingerprint density at radius 2 is 0.799 bits per heavy atom. The molecule has 3 amide bonds. The summed E-state index contributed by atoms with van der Waals surface area (Å²) < 4.78 is 51.1. The molecule has 0 fully saturated rings. The van der Waals surface area contributed by atoms with Crippen molar-refractivity contribution in [2.24, 2.45) is 7.05 Å². The quantitative estimate of drug-likeness (QED) is 0.0337. The van der Waals surface area contributed by atoms with Gasteiger partial charge in [-0.3, -0.25) is 48.3 Å². The third kappa shape index (κ3) is 25.4. The standard InChI is InChI=1S/C31H28ClN3O2.C28H24ClN3O3S.C27H25ClN6O2.C27H25ClN6O/c1-31(2,3)37-27-14-8-22(9-15-27)24-19-28-30(33-16-17-35(28)20-24)23-6-12-26(13-7-23)34-29(36)18-21-4-10-25(32)11-5-21;1-19(2)35-25-11-5-20(6-12-25)22-17-27-28(30-15-16-32(27)18-22)21-3-9-24(10-4-21)31-36(33,34)26-13-7-23(29)8-14-26;1-27(2,36)16-33-14-21(13-30-33)20-12-24-26(29-17-31-34(24)15-20)19-5-9-23(10-6-19)32-25(35)11-18-3-7-22(28)8-4-18;1-32(2)26(19-4-8-22(28)9-5-19)27(35)31-23-10-6-18(7-11-23)25-24-14-20(17-34(24)13-12-29-25)21-15-30-33(3)16-21/h4-17,19-20H,18H2,1-3H3,(H,34,36);3-19,31H,1-2H3;3-10,12-15,17,36H,11,16H2,1-2H3,(H,32,35);4-17,26H,1-3H3,(H,31,35). The summed E-state index contributed by atoms with van der Waals surface area (Å²) in [6, 6.07) is 82.3. The van der Waals surface area contributed by atoms with Crippen LogP contribution in [0.2, 0.25) is 20.1 Å². The second kappa shape index (κ2) is 43.7. The first-order chi connectivity index (χ1) is 69.1. The van der Waals surface area contributed by atoms with Gasteiger partial charge in [-0.1, -0.05) is 156 Å². The van der Waals surface area contributed by atoms with Crippen LogP contribution < -0.4 is 30.1 Å². The summed E-state index contributed by atoms with van der Waals surface area (Å²) in [5, 5.41) is 34.4. The predicted molar refractivity (Wildman–Crippen MR) is 573 cm³/mol. The molecule has 10 aromatic heterocycles. The van der Waals surface area contributed by atoms with E-state index in [2.05, 4.69) is 114 Å². The lowest BCUT2D eigenvalue weighted by Gasteiger charge is -2.24. The Balaban J connectivity index is 0.000000132. The van der Waals surface area contributed by atoms with Crippen LogP contribution in [0.15, 0.2) is 365 Å². The van der Waals surface area contributed by atoms with E-state index in [1.807, 2.05) is 272 Å². The number of ether oxygens (including phenoxy) is 2. The average Bonchev–Trinajstić information content (AvgIpc) is 1.64. The maximum Gasteiger partial charge on any atom is 0.261 e. The summed E-state index contributed by atoms with van der Waals surface area (Å²) in [7, 11) is 1.95. The predicted octanol–water partition coefficient (Wildman–Crippen LogP) is 24.8. The first-order valence-electron chi connectivity index (χ1n) is 46.2. The molecule has 0 aliphatic heterocycles. The number of sulfonamides is 1. The number of aromatic nitrogens is 13. The van der Waals surface area contributed by atoms with Crippen LogP contribution in [-0.2, 0) is 50.8 Å². The number of benzene rings is 10. The average molecular weight is 2010 g/mol. The monoisotopic (exact) mass is 2010 g/mol. The Kier molecular flexibility index (Phi) is 30.3. The van der Waals surface area contributed by atoms with E-state index in [-0.39, 0.29) is 47.2 Å². The molecular weight excluding hydrogens is 1910 g/mol. The molecule has 0 aliphatic rings. The van der Waals surface area contributed by atoms with E-state index in [0.717, 1.165) is 151 Å². The largest absolute Gasteiger partial charge is 0.491 e. The molecule has 10 aromatic carbocycles. The van der Waals surface area contributed by atoms with Crippen molar-refractivity contribution in [3.05, 3.63) is 397 Å². The molecule has 26 nitrogen and oxygen atoms in total. The number of hydrogen-bond acceptors (Lipinski definition) is 16. The highest BCUT2D eigenvalue weighted by Crippen LogP contribution is 2.38. The van der Waals surface area contributed by atoms with Crippen LogP contribution in [0.3, 0.4) is 0 Å². The van der Waals surface area contributed by atoms with Crippen molar-refractivity contribution < 1.29 is 37.4 Å². The van der Waals surface area contributed by atoms with Crippen LogP contribution in [-0.4, -0.2) is 130 Å². The fraction of sp³-hybridized carbons (Fsp3) is 0.150. The second-order valence-electron chi connectivity index (χ2n) is 36.6. The molecule has 1 unspecified atom stereocenters. The van der Waals surface area contributed by atoms with Gasteiger partial charge in [-0.15, -0.1) is 0 Å². The molecule has 10 heterocycles. The number of fused-ring (bicyclic) bond motifs is 4. The molecule has 0 spiro atoms. The lowest BCUT2D eigenvalue weighted by Crippen LogP contribution is -2.32. The number of aliphatic hydroxyl groups is 1. The summed E-state index contributed by atoms with van der Waals surface area (Å²) in [6.45, 7) is 14.0. The zero-order chi connectivity index (χ0) is 101. The number of rotatable bonds is 26. The number of aryl methyl sites for hydroxylation is 1. The van der Waals surface area contributed by atoms with Gasteiger partial charge in [0.15, 0.2) is 0 Å². The number of carbonyl (C=O) groups excluding carboxylic acids is 3. The topological polar surface area (TPSA) is 293 Å². The Bertz CT molecular complexity index is 8040. The number of carbonyl (C=O) groups is 3. The summed E-state index contributed by atoms with van der Waals surface area (Å²) >= 11 is 23.7. The van der Waals surface area contributed by atoms with Gasteiger partial charge in [-0.2, -0.15) is 15.3 Å². The van der Waals surface area contributed by atoms with Crippen molar-refractivity contribution in [2.45, 2.75) is 96.1 Å². The first-order valence-corrected chi connectivity index (χ1v) is 49.2. The Morgan fingerprint density at radius 3 is 1.22 bits per heavy atom. The van der Waals surface area contributed by atoms with Gasteiger partial charge in [0.05, 0.1) is 93.2 Å². The van der Waals surface area contributed by atoms with Crippen molar-refractivity contribution in [2.75, 3.05) is 34.8 Å². The van der Waals surface area contributed by atoms with Crippen LogP contribution in [0.5, 0.6) is 11.5 Å². The molecule has 0 radical (unpaired) electrons. The normalized spacial score (nSPS) is 11.8. The van der Waals surface area contributed by atoms with E-state index in [4.69, 9.17) is 55.9 Å². The molecule has 1 atom stereocenters. The molecule has 144 heavy (non-hydrogen) atoms. The molecule has 20 rings (SSSR count). The minimum Gasteiger partial charge on any atom is -0.491 e. The zero-order valence-corrected chi connectivity index (χ0v) is 84.2. The van der Waals surface area contributed by atoms with Crippen molar-refractivity contribution in [1.29, 1.82) is 0 Å². The summed E-state index contributed by atoms with van der Waals surface area (Å²) in [6.07, 6.45) is 29.0. The van der Waals surface area contributed by atoms with E-state index in [9.17, 15) is 27.9 Å². The smallest absolute Gasteiger partial charge is 0.261 e. The maximum atomic E-state index is 13.1. The van der Waals surface area contributed by atoms with Crippen LogP contribution in [0.1, 0.15) is 71.2 Å². The summed E-state index contributed by atoms with van der Waals surface area (Å²) in [5.74, 6) is 1.40. The molecule has 726 valence electrons. The van der Waals surface area contributed by atoms with Gasteiger partial charge in [-0.05, 0) is 248 Å². The van der Waals surface area contributed by atoms with Crippen LogP contribution in [0.4, 0.5) is 22.7 Å². The van der Waals surface area contributed by atoms with Gasteiger partial charge in [0.1, 0.15) is 29.5 Å². The first kappa shape index (κ1) is 99.7. The van der Waals surface area contributed by atoms with Gasteiger partial charge in [0, 0.05) is 180 Å². The SMILES string of the molecule is CC(C)(C)Oc1ccc(-c2cc3c(-c4ccc(NC(=O)Cc5ccc(Cl)cc5)cc4)nccn3c2)cc1.CC(C)(O)Cn1cc(-c2cc3c(-c4ccc(NC(=O)Cc5ccc(Cl)cc5)cc4)ncnn3c2)cn1.CC(C)Oc1ccc(-c2cc3c(-c4ccc(NS(=O)(=O)c5ccc(Cl)cc5)cc4)nccn3c2)cc1.CN(C)C(C(=O)Nc1ccc(-c2nccn3cc(-c4cnn(C)c4)cc23)cc1)c1ccc(Cl)cc1. The van der Waals surface area contributed by atoms with Gasteiger partial charge in [0.25, 0.3) is 10.0 Å². The molecule has 0 saturated carbocycles. The third-order valence-corrected chi connectivity index (χ3v) is 25.5. The summed E-state index contributed by atoms with van der Waals surface area (Å²) in [4.78, 5) is 58.4. The van der Waals surface area contributed by atoms with Gasteiger partial charge in [0.2, 0.25) is 17.7 Å². The van der Waals surface area contributed by atoms with Crippen molar-refractivity contribution in [1.82, 2.24) is 67.2 Å². The van der Waals surface area contributed by atoms with Gasteiger partial charge in [-0.25, -0.2) is 17.9 Å². The third-order valence-electron chi connectivity index (χ3n) is 23.0. The highest BCUT2D eigenvalue weighted by Gasteiger charge is 2.26. The van der Waals surface area contributed by atoms with Gasteiger partial charge < -0.3 is 43.7 Å². The molecule has 20 aromatic rings. The molecule has 5 N–H and O–H groups in total. The Morgan fingerprint density at radius 1 is 0.417 bits per heavy atom. The molecule has 0 bridgehead atoms. The Hall–Kier alpha value is -15.9. The highest BCUT2D eigenvalue weighted by molar-refractivity contribution is 7.92. The number of likely N-dealkylation sites (N-methyl/N-ethyl adjacent to an activating group) is 1. The molecule has 0 aliphatic carbocycles. The number of nitrogens with one attached hydrogen (secondary N) is 4. The zero-order valence-electron chi connectivity index (χ0n) is 80.3. The van der Waals surface area contributed by atoms with Crippen LogP contribution in [0.25, 0.3) is 112 Å². The van der Waals surface area contributed by atoms with E-state index < -0.39 is 21.7 Å². The van der Waals surface area contributed by atoms with E-state index in [0.29, 0.717) is 38.0 Å². The second-order valence-corrected chi connectivity index (χ2v) is 40.0. The molecular formula is C113H102Cl4N18O8S. The minimum atomic E-state index is -3.72. The fourth-order valence-corrected chi connectivity index (χ4v) is 17.9. The van der Waals surface area contributed by atoms with Crippen molar-refractivity contribution in [3.8, 4) is 101 Å². The van der Waals surface area contributed by atoms with E-state index in [1.165, 1.54) is 18.5 Å². The van der Waals surface area contributed by atoms with E-state index in [1.54, 1.807) is 113 Å². The maximum absolute atomic E-state index is 13.1. The summed E-state index contributed by atoms with van der Waals surface area (Å²) in [5.41, 5.74) is 23.4. The number of halogens is 4. The van der Waals surface area contributed by atoms with Crippen molar-refractivity contribution in [3.63, 3.8) is 0 Å². The molecule has 0 saturated heterocycles.